The number of halogens is 1. The predicted molar refractivity (Wildman–Crippen MR) is 104 cm³/mol. The van der Waals surface area contributed by atoms with Crippen molar-refractivity contribution in [3.05, 3.63) is 18.7 Å². The Hall–Kier alpha value is -2.79. The zero-order chi connectivity index (χ0) is 20.0. The van der Waals surface area contributed by atoms with Crippen LogP contribution in [0.3, 0.4) is 0 Å². The van der Waals surface area contributed by atoms with Crippen molar-refractivity contribution in [2.45, 2.75) is 37.6 Å². The van der Waals surface area contributed by atoms with Crippen molar-refractivity contribution >= 4 is 17.3 Å². The summed E-state index contributed by atoms with van der Waals surface area (Å²) in [6.45, 7) is 3.53. The first-order chi connectivity index (χ1) is 14.0. The number of alkyl halides is 1. The summed E-state index contributed by atoms with van der Waals surface area (Å²) >= 11 is 0. The van der Waals surface area contributed by atoms with E-state index in [1.165, 1.54) is 0 Å². The Labute approximate surface area is 166 Å². The van der Waals surface area contributed by atoms with Crippen molar-refractivity contribution < 1.29 is 14.2 Å². The number of anilines is 2. The van der Waals surface area contributed by atoms with Crippen LogP contribution in [-0.2, 0) is 4.74 Å². The average molecular weight is 402 g/mol. The minimum absolute atomic E-state index is 0.0747. The molecule has 5 heterocycles. The second kappa shape index (κ2) is 6.92. The van der Waals surface area contributed by atoms with Gasteiger partial charge in [0.25, 0.3) is 0 Å². The van der Waals surface area contributed by atoms with Gasteiger partial charge in [-0.05, 0) is 19.8 Å². The third-order valence-electron chi connectivity index (χ3n) is 5.50. The maximum Gasteiger partial charge on any atom is 0.243 e. The number of rotatable bonds is 4. The van der Waals surface area contributed by atoms with Crippen molar-refractivity contribution in [2.24, 2.45) is 0 Å². The number of hydrogen-bond acceptors (Lipinski definition) is 8. The van der Waals surface area contributed by atoms with Gasteiger partial charge in [-0.3, -0.25) is 5.10 Å². The molecular formula is C18H23FN8O2. The number of β-amino-alcohol motifs (C(OH)–C–C–N with tert-alkyl or cyclic N) is 1. The van der Waals surface area contributed by atoms with Crippen LogP contribution in [0.15, 0.2) is 18.7 Å². The average Bonchev–Trinajstić information content (AvgIpc) is 3.42. The highest BCUT2D eigenvalue weighted by Crippen LogP contribution is 2.36. The molecule has 0 saturated carbocycles. The Kier molecular flexibility index (Phi) is 4.36. The van der Waals surface area contributed by atoms with Crippen LogP contribution in [0, 0.1) is 0 Å². The Morgan fingerprint density at radius 1 is 1.45 bits per heavy atom. The van der Waals surface area contributed by atoms with E-state index in [0.29, 0.717) is 49.8 Å². The van der Waals surface area contributed by atoms with Crippen LogP contribution in [0.1, 0.15) is 19.8 Å². The van der Waals surface area contributed by atoms with Crippen molar-refractivity contribution in [3.63, 3.8) is 0 Å². The van der Waals surface area contributed by atoms with E-state index in [4.69, 9.17) is 4.74 Å². The van der Waals surface area contributed by atoms with Crippen molar-refractivity contribution in [3.8, 4) is 11.3 Å². The van der Waals surface area contributed by atoms with Crippen LogP contribution in [0.25, 0.3) is 16.9 Å². The van der Waals surface area contributed by atoms with Crippen molar-refractivity contribution in [2.75, 3.05) is 36.5 Å². The fraction of sp³-hybridized carbons (Fsp3) is 0.556. The van der Waals surface area contributed by atoms with Crippen molar-refractivity contribution in [1.82, 2.24) is 29.8 Å². The van der Waals surface area contributed by atoms with E-state index >= 15 is 0 Å². The van der Waals surface area contributed by atoms with Crippen molar-refractivity contribution in [1.29, 1.82) is 0 Å². The van der Waals surface area contributed by atoms with E-state index in [0.717, 1.165) is 11.3 Å². The Morgan fingerprint density at radius 2 is 2.34 bits per heavy atom. The Bertz CT molecular complexity index is 1000. The Morgan fingerprint density at radius 3 is 3.07 bits per heavy atom. The summed E-state index contributed by atoms with van der Waals surface area (Å²) in [5, 5.41) is 24.9. The number of H-pyrrole nitrogens is 1. The first-order valence-corrected chi connectivity index (χ1v) is 9.70. The molecule has 3 atom stereocenters. The van der Waals surface area contributed by atoms with Gasteiger partial charge in [-0.2, -0.15) is 14.6 Å². The molecule has 2 fully saturated rings. The van der Waals surface area contributed by atoms with Gasteiger partial charge in [0, 0.05) is 31.5 Å². The molecule has 3 N–H and O–H groups in total. The maximum atomic E-state index is 14.1. The highest BCUT2D eigenvalue weighted by Gasteiger charge is 2.35. The van der Waals surface area contributed by atoms with Crippen LogP contribution in [0.5, 0.6) is 0 Å². The summed E-state index contributed by atoms with van der Waals surface area (Å²) in [7, 11) is 0. The first-order valence-electron chi connectivity index (χ1n) is 9.70. The molecule has 10 nitrogen and oxygen atoms in total. The molecule has 0 radical (unpaired) electrons. The molecule has 0 amide bonds. The van der Waals surface area contributed by atoms with Gasteiger partial charge in [-0.25, -0.2) is 9.37 Å². The predicted octanol–water partition coefficient (Wildman–Crippen LogP) is 1.01. The SMILES string of the molecule is C[C@]1(O)CCN(c2c(-c3cn[nH]c3)ncn3nc(N[C@H]4CCOC[C@H]4F)nc23)C1. The third-order valence-corrected chi connectivity index (χ3v) is 5.50. The van der Waals surface area contributed by atoms with Gasteiger partial charge < -0.3 is 20.1 Å². The topological polar surface area (TPSA) is 116 Å². The fourth-order valence-electron chi connectivity index (χ4n) is 3.96. The number of fused-ring (bicyclic) bond motifs is 1. The summed E-state index contributed by atoms with van der Waals surface area (Å²) in [6, 6.07) is -0.390. The standard InChI is InChI=1S/C18H23FN8O2/c1-18(28)3-4-26(9-18)15-14(11-6-21-22-7-11)20-10-27-16(15)24-17(25-27)23-13-2-5-29-8-12(13)19/h6-7,10,12-13,28H,2-5,8-9H2,1H3,(H,21,22)(H,23,25)/t12-,13+,18+/m1/s1. The second-order valence-corrected chi connectivity index (χ2v) is 7.93. The number of hydrogen-bond donors (Lipinski definition) is 3. The number of nitrogens with one attached hydrogen (secondary N) is 2. The van der Waals surface area contributed by atoms with Gasteiger partial charge in [0.05, 0.1) is 24.4 Å². The molecule has 2 aliphatic heterocycles. The second-order valence-electron chi connectivity index (χ2n) is 7.93. The minimum atomic E-state index is -1.11. The first kappa shape index (κ1) is 18.3. The lowest BCUT2D eigenvalue weighted by Gasteiger charge is -2.26. The molecule has 154 valence electrons. The van der Waals surface area contributed by atoms with E-state index in [1.807, 2.05) is 6.92 Å². The normalized spacial score (nSPS) is 27.6. The minimum Gasteiger partial charge on any atom is -0.388 e. The monoisotopic (exact) mass is 402 g/mol. The number of aromatic nitrogens is 6. The molecule has 0 unspecified atom stereocenters. The van der Waals surface area contributed by atoms with Gasteiger partial charge in [-0.15, -0.1) is 5.10 Å². The molecule has 2 aliphatic rings. The van der Waals surface area contributed by atoms with E-state index in [1.54, 1.807) is 23.2 Å². The third kappa shape index (κ3) is 3.40. The van der Waals surface area contributed by atoms with Gasteiger partial charge in [-0.1, -0.05) is 0 Å². The molecule has 0 bridgehead atoms. The molecule has 5 rings (SSSR count). The lowest BCUT2D eigenvalue weighted by Crippen LogP contribution is -2.39. The highest BCUT2D eigenvalue weighted by molar-refractivity contribution is 5.85. The Balaban J connectivity index is 1.56. The zero-order valence-electron chi connectivity index (χ0n) is 16.0. The number of ether oxygens (including phenoxy) is 1. The summed E-state index contributed by atoms with van der Waals surface area (Å²) in [4.78, 5) is 11.3. The van der Waals surface area contributed by atoms with Crippen LogP contribution < -0.4 is 10.2 Å². The summed E-state index contributed by atoms with van der Waals surface area (Å²) < 4.78 is 20.9. The quantitative estimate of drug-likeness (QED) is 0.592. The van der Waals surface area contributed by atoms with Crippen LogP contribution in [0.2, 0.25) is 0 Å². The molecule has 29 heavy (non-hydrogen) atoms. The number of aliphatic hydroxyl groups is 1. The highest BCUT2D eigenvalue weighted by atomic mass is 19.1. The number of aromatic amines is 1. The molecule has 0 aliphatic carbocycles. The van der Waals surface area contributed by atoms with E-state index < -0.39 is 17.8 Å². The van der Waals surface area contributed by atoms with Gasteiger partial charge >= 0.3 is 0 Å². The molecule has 11 heteroatoms. The lowest BCUT2D eigenvalue weighted by molar-refractivity contribution is 0.0284. The van der Waals surface area contributed by atoms with E-state index in [-0.39, 0.29) is 6.61 Å². The van der Waals surface area contributed by atoms with Gasteiger partial charge in [0.15, 0.2) is 5.65 Å². The molecule has 3 aromatic rings. The molecule has 3 aromatic heterocycles. The van der Waals surface area contributed by atoms with Gasteiger partial charge in [0.1, 0.15) is 23.9 Å². The largest absolute Gasteiger partial charge is 0.388 e. The van der Waals surface area contributed by atoms with Gasteiger partial charge in [0.2, 0.25) is 5.95 Å². The molecule has 0 spiro atoms. The number of nitrogens with zero attached hydrogens (tertiary/aromatic N) is 6. The maximum absolute atomic E-state index is 14.1. The zero-order valence-corrected chi connectivity index (χ0v) is 16.0. The molecule has 0 aromatic carbocycles. The summed E-state index contributed by atoms with van der Waals surface area (Å²) in [5.74, 6) is 0.345. The summed E-state index contributed by atoms with van der Waals surface area (Å²) in [5.41, 5.74) is 2.11. The summed E-state index contributed by atoms with van der Waals surface area (Å²) in [6.07, 6.45) is 5.14. The van der Waals surface area contributed by atoms with E-state index in [9.17, 15) is 9.50 Å². The van der Waals surface area contributed by atoms with Crippen LogP contribution in [-0.4, -0.2) is 79.0 Å². The van der Waals surface area contributed by atoms with E-state index in [2.05, 4.69) is 35.5 Å². The smallest absolute Gasteiger partial charge is 0.243 e. The molecule has 2 saturated heterocycles. The fourth-order valence-corrected chi connectivity index (χ4v) is 3.96. The van der Waals surface area contributed by atoms with Crippen LogP contribution >= 0.6 is 0 Å². The molecular weight excluding hydrogens is 379 g/mol. The lowest BCUT2D eigenvalue weighted by atomic mass is 10.1. The van der Waals surface area contributed by atoms with Crippen LogP contribution in [0.4, 0.5) is 16.0 Å².